The lowest BCUT2D eigenvalue weighted by Gasteiger charge is -2.29. The molecule has 1 aliphatic rings. The van der Waals surface area contributed by atoms with Gasteiger partial charge in [-0.25, -0.2) is 0 Å². The van der Waals surface area contributed by atoms with Crippen molar-refractivity contribution in [3.05, 3.63) is 33.3 Å². The molecule has 0 saturated carbocycles. The van der Waals surface area contributed by atoms with E-state index < -0.39 is 0 Å². The first-order chi connectivity index (χ1) is 9.56. The van der Waals surface area contributed by atoms with E-state index in [1.165, 1.54) is 0 Å². The van der Waals surface area contributed by atoms with Gasteiger partial charge in [0.25, 0.3) is 0 Å². The summed E-state index contributed by atoms with van der Waals surface area (Å²) in [7, 11) is 1.94. The molecular formula is C14H19BrClN3O. The van der Waals surface area contributed by atoms with Crippen molar-refractivity contribution >= 4 is 33.4 Å². The van der Waals surface area contributed by atoms with E-state index in [2.05, 4.69) is 21.2 Å². The Morgan fingerprint density at radius 3 is 2.85 bits per heavy atom. The van der Waals surface area contributed by atoms with Gasteiger partial charge in [0.05, 0.1) is 6.54 Å². The summed E-state index contributed by atoms with van der Waals surface area (Å²) >= 11 is 9.61. The second kappa shape index (κ2) is 7.41. The lowest BCUT2D eigenvalue weighted by Crippen LogP contribution is -2.49. The highest BCUT2D eigenvalue weighted by molar-refractivity contribution is 9.10. The maximum absolute atomic E-state index is 12.2. The van der Waals surface area contributed by atoms with Gasteiger partial charge in [-0.3, -0.25) is 9.69 Å². The summed E-state index contributed by atoms with van der Waals surface area (Å²) in [6.07, 6.45) is 0. The average Bonchev–Trinajstić information content (AvgIpc) is 2.43. The van der Waals surface area contributed by atoms with Crippen LogP contribution in [0.4, 0.5) is 0 Å². The molecule has 0 unspecified atom stereocenters. The third kappa shape index (κ3) is 4.45. The zero-order valence-corrected chi connectivity index (χ0v) is 13.9. The summed E-state index contributed by atoms with van der Waals surface area (Å²) in [6, 6.07) is 5.78. The maximum atomic E-state index is 12.2. The van der Waals surface area contributed by atoms with E-state index >= 15 is 0 Å². The van der Waals surface area contributed by atoms with Crippen molar-refractivity contribution < 1.29 is 4.79 Å². The van der Waals surface area contributed by atoms with Gasteiger partial charge in [-0.05, 0) is 30.8 Å². The number of nitrogens with zero attached hydrogens (tertiary/aromatic N) is 2. The van der Waals surface area contributed by atoms with E-state index in [1.807, 2.05) is 35.0 Å². The van der Waals surface area contributed by atoms with Gasteiger partial charge in [0.1, 0.15) is 0 Å². The summed E-state index contributed by atoms with van der Waals surface area (Å²) in [5.41, 5.74) is 1.02. The highest BCUT2D eigenvalue weighted by Crippen LogP contribution is 2.22. The molecule has 0 bridgehead atoms. The van der Waals surface area contributed by atoms with E-state index in [0.717, 1.165) is 41.2 Å². The standard InChI is InChI=1S/C14H19BrClN3O/c1-18(9-11-8-12(15)2-3-13(11)16)10-14(20)19-6-4-17-5-7-19/h2-3,8,17H,4-7,9-10H2,1H3. The number of hydrogen-bond donors (Lipinski definition) is 1. The van der Waals surface area contributed by atoms with Crippen molar-refractivity contribution in [1.29, 1.82) is 0 Å². The first-order valence-electron chi connectivity index (χ1n) is 6.67. The number of benzene rings is 1. The van der Waals surface area contributed by atoms with Crippen molar-refractivity contribution in [3.63, 3.8) is 0 Å². The quantitative estimate of drug-likeness (QED) is 0.892. The summed E-state index contributed by atoms with van der Waals surface area (Å²) in [5.74, 6) is 0.181. The normalized spacial score (nSPS) is 15.7. The number of rotatable bonds is 4. The molecular weight excluding hydrogens is 342 g/mol. The molecule has 0 atom stereocenters. The Balaban J connectivity index is 1.89. The number of carbonyl (C=O) groups is 1. The fourth-order valence-electron chi connectivity index (χ4n) is 2.26. The maximum Gasteiger partial charge on any atom is 0.236 e. The lowest BCUT2D eigenvalue weighted by atomic mass is 10.2. The molecule has 6 heteroatoms. The number of piperazine rings is 1. The predicted molar refractivity (Wildman–Crippen MR) is 84.9 cm³/mol. The summed E-state index contributed by atoms with van der Waals surface area (Å²) in [4.78, 5) is 16.1. The molecule has 1 aromatic rings. The molecule has 4 nitrogen and oxygen atoms in total. The zero-order valence-electron chi connectivity index (χ0n) is 11.5. The molecule has 1 heterocycles. The van der Waals surface area contributed by atoms with Crippen LogP contribution in [0.15, 0.2) is 22.7 Å². The smallest absolute Gasteiger partial charge is 0.236 e. The minimum Gasteiger partial charge on any atom is -0.339 e. The van der Waals surface area contributed by atoms with Gasteiger partial charge in [0.2, 0.25) is 5.91 Å². The van der Waals surface area contributed by atoms with Crippen LogP contribution in [-0.4, -0.2) is 55.5 Å². The summed E-state index contributed by atoms with van der Waals surface area (Å²) < 4.78 is 0.999. The third-order valence-corrected chi connectivity index (χ3v) is 4.18. The number of hydrogen-bond acceptors (Lipinski definition) is 3. The van der Waals surface area contributed by atoms with Gasteiger partial charge in [-0.15, -0.1) is 0 Å². The Bertz CT molecular complexity index is 477. The van der Waals surface area contributed by atoms with Gasteiger partial charge in [-0.2, -0.15) is 0 Å². The number of carbonyl (C=O) groups excluding carboxylic acids is 1. The minimum atomic E-state index is 0.181. The molecule has 0 aromatic heterocycles. The van der Waals surface area contributed by atoms with Crippen molar-refractivity contribution in [2.45, 2.75) is 6.54 Å². The molecule has 2 rings (SSSR count). The highest BCUT2D eigenvalue weighted by atomic mass is 79.9. The summed E-state index contributed by atoms with van der Waals surface area (Å²) in [5, 5.41) is 3.98. The van der Waals surface area contributed by atoms with Gasteiger partial charge in [-0.1, -0.05) is 27.5 Å². The molecule has 20 heavy (non-hydrogen) atoms. The average molecular weight is 361 g/mol. The van der Waals surface area contributed by atoms with E-state index in [9.17, 15) is 4.79 Å². The fraction of sp³-hybridized carbons (Fsp3) is 0.500. The van der Waals surface area contributed by atoms with Gasteiger partial charge in [0.15, 0.2) is 0 Å². The van der Waals surface area contributed by atoms with Gasteiger partial charge < -0.3 is 10.2 Å². The zero-order chi connectivity index (χ0) is 14.5. The summed E-state index contributed by atoms with van der Waals surface area (Å²) in [6.45, 7) is 4.44. The van der Waals surface area contributed by atoms with Crippen LogP contribution in [0.25, 0.3) is 0 Å². The first-order valence-corrected chi connectivity index (χ1v) is 7.84. The monoisotopic (exact) mass is 359 g/mol. The number of nitrogens with one attached hydrogen (secondary N) is 1. The topological polar surface area (TPSA) is 35.6 Å². The van der Waals surface area contributed by atoms with Crippen LogP contribution < -0.4 is 5.32 Å². The van der Waals surface area contributed by atoms with Crippen LogP contribution in [0.1, 0.15) is 5.56 Å². The van der Waals surface area contributed by atoms with Crippen molar-refractivity contribution in [1.82, 2.24) is 15.1 Å². The number of amides is 1. The second-order valence-electron chi connectivity index (χ2n) is 5.04. The van der Waals surface area contributed by atoms with Crippen LogP contribution >= 0.6 is 27.5 Å². The Morgan fingerprint density at radius 1 is 1.45 bits per heavy atom. The molecule has 0 radical (unpaired) electrons. The van der Waals surface area contributed by atoms with Crippen molar-refractivity contribution in [3.8, 4) is 0 Å². The molecule has 1 saturated heterocycles. The highest BCUT2D eigenvalue weighted by Gasteiger charge is 2.18. The number of halogens is 2. The second-order valence-corrected chi connectivity index (χ2v) is 6.36. The Kier molecular flexibility index (Phi) is 5.84. The Hall–Kier alpha value is -0.620. The van der Waals surface area contributed by atoms with Crippen LogP contribution in [0.3, 0.4) is 0 Å². The van der Waals surface area contributed by atoms with Crippen LogP contribution in [0, 0.1) is 0 Å². The molecule has 110 valence electrons. The van der Waals surface area contributed by atoms with Gasteiger partial charge in [0, 0.05) is 42.2 Å². The molecule has 0 aliphatic carbocycles. The van der Waals surface area contributed by atoms with E-state index in [-0.39, 0.29) is 5.91 Å². The van der Waals surface area contributed by atoms with Crippen molar-refractivity contribution in [2.24, 2.45) is 0 Å². The molecule has 1 fully saturated rings. The molecule has 1 amide bonds. The van der Waals surface area contributed by atoms with E-state index in [4.69, 9.17) is 11.6 Å². The third-order valence-electron chi connectivity index (χ3n) is 3.32. The van der Waals surface area contributed by atoms with Crippen LogP contribution in [-0.2, 0) is 11.3 Å². The Labute approximate surface area is 133 Å². The first kappa shape index (κ1) is 15.8. The van der Waals surface area contributed by atoms with E-state index in [0.29, 0.717) is 13.1 Å². The fourth-order valence-corrected chi connectivity index (χ4v) is 2.84. The molecule has 1 aliphatic heterocycles. The molecule has 1 aromatic carbocycles. The largest absolute Gasteiger partial charge is 0.339 e. The molecule has 1 N–H and O–H groups in total. The van der Waals surface area contributed by atoms with Gasteiger partial charge >= 0.3 is 0 Å². The minimum absolute atomic E-state index is 0.181. The molecule has 0 spiro atoms. The lowest BCUT2D eigenvalue weighted by molar-refractivity contribution is -0.132. The number of likely N-dealkylation sites (N-methyl/N-ethyl adjacent to an activating group) is 1. The van der Waals surface area contributed by atoms with Crippen LogP contribution in [0.5, 0.6) is 0 Å². The van der Waals surface area contributed by atoms with Crippen molar-refractivity contribution in [2.75, 3.05) is 39.8 Å². The SMILES string of the molecule is CN(CC(=O)N1CCNCC1)Cc1cc(Br)ccc1Cl. The van der Waals surface area contributed by atoms with E-state index in [1.54, 1.807) is 0 Å². The Morgan fingerprint density at radius 2 is 2.15 bits per heavy atom. The van der Waals surface area contributed by atoms with Crippen LogP contribution in [0.2, 0.25) is 5.02 Å². The predicted octanol–water partition coefficient (Wildman–Crippen LogP) is 1.97.